The zero-order valence-electron chi connectivity index (χ0n) is 59.1. The summed E-state index contributed by atoms with van der Waals surface area (Å²) in [6, 6.07) is -0.884. The number of hydrogen-bond donors (Lipinski definition) is 2. The number of rotatable bonds is 74. The number of hydrogen-bond acceptors (Lipinski definition) is 6. The van der Waals surface area contributed by atoms with Crippen molar-refractivity contribution in [3.63, 3.8) is 0 Å². The Labute approximate surface area is 539 Å². The van der Waals surface area contributed by atoms with E-state index >= 15 is 0 Å². The lowest BCUT2D eigenvalue weighted by atomic mass is 10.0. The minimum absolute atomic E-state index is 0.00315. The molecule has 0 bridgehead atoms. The Morgan fingerprint density at radius 2 is 0.628 bits per heavy atom. The van der Waals surface area contributed by atoms with E-state index in [0.29, 0.717) is 17.4 Å². The quantitative estimate of drug-likeness (QED) is 0.0272. The molecule has 0 radical (unpaired) electrons. The second-order valence-corrected chi connectivity index (χ2v) is 29.8. The molecule has 1 amide bonds. The SMILES string of the molecule is CCCCCCCCCCCCCCCCCCCCCCCCCCCCCCC/C=C/C(O)C(COP(=O)([O-])OCC[N+](C)(C)C)NC(=O)CCCCCCCCCCCCCCCCCCCCCCCCCCCCCCCCCCC. The predicted octanol–water partition coefficient (Wildman–Crippen LogP) is 24.6. The number of phosphoric acid groups is 1. The molecule has 0 fully saturated rings. The first-order chi connectivity index (χ1) is 42.0. The molecule has 0 spiro atoms. The number of unbranched alkanes of at least 4 members (excludes halogenated alkanes) is 61. The van der Waals surface area contributed by atoms with E-state index in [4.69, 9.17) is 9.05 Å². The number of aliphatic hydroxyl groups excluding tert-OH is 1. The molecule has 0 rings (SSSR count). The third-order valence-electron chi connectivity index (χ3n) is 18.5. The molecule has 0 heterocycles. The molecule has 8 nitrogen and oxygen atoms in total. The van der Waals surface area contributed by atoms with Gasteiger partial charge in [-0.15, -0.1) is 0 Å². The molecule has 0 aromatic carbocycles. The van der Waals surface area contributed by atoms with Crippen LogP contribution in [0.15, 0.2) is 12.2 Å². The number of carbonyl (C=O) groups excluding carboxylic acids is 1. The van der Waals surface area contributed by atoms with E-state index in [-0.39, 0.29) is 19.1 Å². The average molecular weight is 1240 g/mol. The van der Waals surface area contributed by atoms with Crippen LogP contribution in [0.25, 0.3) is 0 Å². The maximum absolute atomic E-state index is 13.1. The maximum atomic E-state index is 13.1. The van der Waals surface area contributed by atoms with Crippen LogP contribution in [0.5, 0.6) is 0 Å². The lowest BCUT2D eigenvalue weighted by Crippen LogP contribution is -2.45. The van der Waals surface area contributed by atoms with Gasteiger partial charge in [0, 0.05) is 6.42 Å². The van der Waals surface area contributed by atoms with E-state index in [1.54, 1.807) is 6.08 Å². The van der Waals surface area contributed by atoms with Crippen molar-refractivity contribution in [2.45, 2.75) is 437 Å². The lowest BCUT2D eigenvalue weighted by molar-refractivity contribution is -0.870. The van der Waals surface area contributed by atoms with Crippen molar-refractivity contribution in [3.8, 4) is 0 Å². The number of likely N-dealkylation sites (N-methyl/N-ethyl adjacent to an activating group) is 1. The van der Waals surface area contributed by atoms with Gasteiger partial charge in [0.1, 0.15) is 13.2 Å². The summed E-state index contributed by atoms with van der Waals surface area (Å²) in [5, 5.41) is 14.0. The molecule has 0 saturated heterocycles. The van der Waals surface area contributed by atoms with Crippen LogP contribution in [0, 0.1) is 0 Å². The van der Waals surface area contributed by atoms with E-state index in [2.05, 4.69) is 19.2 Å². The van der Waals surface area contributed by atoms with E-state index in [1.807, 2.05) is 27.2 Å². The number of phosphoric ester groups is 1. The summed E-state index contributed by atoms with van der Waals surface area (Å²) in [4.78, 5) is 25.7. The molecule has 514 valence electrons. The normalized spacial score (nSPS) is 13.5. The van der Waals surface area contributed by atoms with Crippen LogP contribution in [0.2, 0.25) is 0 Å². The molecule has 2 N–H and O–H groups in total. The van der Waals surface area contributed by atoms with Gasteiger partial charge in [0.25, 0.3) is 7.82 Å². The van der Waals surface area contributed by atoms with Crippen LogP contribution < -0.4 is 10.2 Å². The summed E-state index contributed by atoms with van der Waals surface area (Å²) in [6.07, 6.45) is 89.5. The van der Waals surface area contributed by atoms with Gasteiger partial charge in [-0.2, -0.15) is 0 Å². The van der Waals surface area contributed by atoms with Gasteiger partial charge in [0.2, 0.25) is 5.91 Å². The van der Waals surface area contributed by atoms with Gasteiger partial charge >= 0.3 is 0 Å². The van der Waals surface area contributed by atoms with Gasteiger partial charge in [-0.05, 0) is 19.3 Å². The molecule has 0 saturated carbocycles. The highest BCUT2D eigenvalue weighted by molar-refractivity contribution is 7.45. The molecule has 0 aromatic heterocycles. The molecule has 0 aliphatic heterocycles. The second-order valence-electron chi connectivity index (χ2n) is 28.4. The maximum Gasteiger partial charge on any atom is 0.268 e. The minimum Gasteiger partial charge on any atom is -0.756 e. The Morgan fingerprint density at radius 3 is 0.872 bits per heavy atom. The first kappa shape index (κ1) is 85.2. The van der Waals surface area contributed by atoms with Gasteiger partial charge in [0.15, 0.2) is 0 Å². The fraction of sp³-hybridized carbons (Fsp3) is 0.961. The van der Waals surface area contributed by atoms with Crippen LogP contribution in [0.3, 0.4) is 0 Å². The van der Waals surface area contributed by atoms with Crippen molar-refractivity contribution in [2.75, 3.05) is 40.9 Å². The van der Waals surface area contributed by atoms with Gasteiger partial charge in [-0.1, -0.05) is 411 Å². The van der Waals surface area contributed by atoms with Crippen LogP contribution in [-0.2, 0) is 18.4 Å². The number of nitrogens with zero attached hydrogens (tertiary/aromatic N) is 1. The Kier molecular flexibility index (Phi) is 68.0. The van der Waals surface area contributed by atoms with Crippen LogP contribution >= 0.6 is 7.82 Å². The average Bonchev–Trinajstić information content (AvgIpc) is 3.70. The molecule has 0 aromatic rings. The fourth-order valence-corrected chi connectivity index (χ4v) is 13.2. The molecule has 86 heavy (non-hydrogen) atoms. The van der Waals surface area contributed by atoms with E-state index < -0.39 is 20.0 Å². The first-order valence-corrected chi connectivity index (χ1v) is 40.5. The predicted molar refractivity (Wildman–Crippen MR) is 376 cm³/mol. The highest BCUT2D eigenvalue weighted by Crippen LogP contribution is 2.38. The molecule has 0 aliphatic carbocycles. The molecule has 3 atom stereocenters. The molecule has 3 unspecified atom stereocenters. The van der Waals surface area contributed by atoms with Crippen molar-refractivity contribution < 1.29 is 32.9 Å². The van der Waals surface area contributed by atoms with Crippen LogP contribution in [-0.4, -0.2) is 68.5 Å². The number of allylic oxidation sites excluding steroid dienone is 1. The van der Waals surface area contributed by atoms with Crippen molar-refractivity contribution in [2.24, 2.45) is 0 Å². The highest BCUT2D eigenvalue weighted by Gasteiger charge is 2.23. The Bertz CT molecular complexity index is 1410. The van der Waals surface area contributed by atoms with Gasteiger partial charge in [-0.3, -0.25) is 9.36 Å². The Balaban J connectivity index is 3.95. The van der Waals surface area contributed by atoms with E-state index in [9.17, 15) is 19.4 Å². The van der Waals surface area contributed by atoms with E-state index in [1.165, 1.54) is 366 Å². The standard InChI is InChI=1S/C77H155N2O6P/c1-6-8-10-12-14-16-18-20-22-24-26-28-30-32-34-36-38-39-41-43-45-47-49-51-53-55-57-59-61-63-65-67-69-71-77(81)78-75(74-85-86(82,83)84-73-72-79(3,4)5)76(80)70-68-66-64-62-60-58-56-54-52-50-48-46-44-42-40-37-35-33-31-29-27-25-23-21-19-17-15-13-11-9-7-2/h68,70,75-76,80H,6-67,69,71-74H2,1-5H3,(H-,78,81,82,83)/b70-68+. The summed E-state index contributed by atoms with van der Waals surface area (Å²) in [7, 11) is 1.29. The zero-order valence-corrected chi connectivity index (χ0v) is 60.0. The van der Waals surface area contributed by atoms with Crippen LogP contribution in [0.1, 0.15) is 425 Å². The summed E-state index contributed by atoms with van der Waals surface area (Å²) < 4.78 is 23.5. The van der Waals surface area contributed by atoms with Crippen molar-refractivity contribution in [1.29, 1.82) is 0 Å². The van der Waals surface area contributed by atoms with Gasteiger partial charge in [0.05, 0.1) is 39.9 Å². The lowest BCUT2D eigenvalue weighted by Gasteiger charge is -2.29. The number of carbonyl (C=O) groups is 1. The van der Waals surface area contributed by atoms with Gasteiger partial charge < -0.3 is 28.8 Å². The molecule has 9 heteroatoms. The molecular weight excluding hydrogens is 1080 g/mol. The smallest absolute Gasteiger partial charge is 0.268 e. The third-order valence-corrected chi connectivity index (χ3v) is 19.5. The third kappa shape index (κ3) is 70.7. The number of quaternary nitrogens is 1. The number of nitrogens with one attached hydrogen (secondary N) is 1. The number of aliphatic hydroxyl groups is 1. The Hall–Kier alpha value is -0.760. The molecule has 0 aliphatic rings. The first-order valence-electron chi connectivity index (χ1n) is 39.1. The fourth-order valence-electron chi connectivity index (χ4n) is 12.5. The largest absolute Gasteiger partial charge is 0.756 e. The summed E-state index contributed by atoms with van der Waals surface area (Å²) in [5.41, 5.74) is 0. The van der Waals surface area contributed by atoms with Crippen molar-refractivity contribution >= 4 is 13.7 Å². The summed E-state index contributed by atoms with van der Waals surface area (Å²) in [6.45, 7) is 4.73. The highest BCUT2D eigenvalue weighted by atomic mass is 31.2. The van der Waals surface area contributed by atoms with Crippen LogP contribution in [0.4, 0.5) is 0 Å². The minimum atomic E-state index is -4.60. The summed E-state index contributed by atoms with van der Waals surface area (Å²) in [5.74, 6) is -0.186. The van der Waals surface area contributed by atoms with Crippen molar-refractivity contribution in [1.82, 2.24) is 5.32 Å². The topological polar surface area (TPSA) is 108 Å². The van der Waals surface area contributed by atoms with Crippen molar-refractivity contribution in [3.05, 3.63) is 12.2 Å². The molecular formula is C77H155N2O6P. The summed E-state index contributed by atoms with van der Waals surface area (Å²) >= 11 is 0. The van der Waals surface area contributed by atoms with E-state index in [0.717, 1.165) is 38.5 Å². The second kappa shape index (κ2) is 68.6. The van der Waals surface area contributed by atoms with Gasteiger partial charge in [-0.25, -0.2) is 0 Å². The Morgan fingerprint density at radius 1 is 0.395 bits per heavy atom. The monoisotopic (exact) mass is 1240 g/mol. The zero-order chi connectivity index (χ0) is 62.6. The number of amides is 1.